The number of benzene rings is 2. The first-order valence-corrected chi connectivity index (χ1v) is 12.3. The zero-order valence-corrected chi connectivity index (χ0v) is 20.9. The van der Waals surface area contributed by atoms with Gasteiger partial charge in [-0.05, 0) is 58.7 Å². The van der Waals surface area contributed by atoms with Crippen LogP contribution in [0.2, 0.25) is 0 Å². The SMILES string of the molecule is COc1cc(-c2cn(S(=O)(=O)c3ccc(C)cc3)c3ncc(Br)cc23)ccc1C(=O)N(C)C. The van der Waals surface area contributed by atoms with E-state index >= 15 is 0 Å². The van der Waals surface area contributed by atoms with Crippen LogP contribution in [-0.2, 0) is 10.0 Å². The molecule has 4 aromatic rings. The van der Waals surface area contributed by atoms with Gasteiger partial charge in [0, 0.05) is 41.9 Å². The van der Waals surface area contributed by atoms with Crippen molar-refractivity contribution in [2.24, 2.45) is 0 Å². The van der Waals surface area contributed by atoms with E-state index in [1.807, 2.05) is 13.0 Å². The topological polar surface area (TPSA) is 81.5 Å². The lowest BCUT2D eigenvalue weighted by atomic mass is 10.0. The molecular weight excluding hydrogens is 506 g/mol. The lowest BCUT2D eigenvalue weighted by molar-refractivity contribution is 0.0824. The van der Waals surface area contributed by atoms with Gasteiger partial charge in [-0.15, -0.1) is 0 Å². The largest absolute Gasteiger partial charge is 0.496 e. The van der Waals surface area contributed by atoms with Gasteiger partial charge in [-0.1, -0.05) is 23.8 Å². The number of carbonyl (C=O) groups is 1. The average molecular weight is 528 g/mol. The van der Waals surface area contributed by atoms with Crippen molar-refractivity contribution in [3.63, 3.8) is 0 Å². The summed E-state index contributed by atoms with van der Waals surface area (Å²) in [7, 11) is 0.949. The van der Waals surface area contributed by atoms with Crippen LogP contribution in [0.4, 0.5) is 0 Å². The summed E-state index contributed by atoms with van der Waals surface area (Å²) in [6.45, 7) is 1.90. The zero-order valence-electron chi connectivity index (χ0n) is 18.5. The fourth-order valence-electron chi connectivity index (χ4n) is 3.57. The fraction of sp³-hybridized carbons (Fsp3) is 0.167. The van der Waals surface area contributed by atoms with Crippen LogP contribution >= 0.6 is 15.9 Å². The Bertz CT molecular complexity index is 1480. The van der Waals surface area contributed by atoms with Crippen molar-refractivity contribution in [2.75, 3.05) is 21.2 Å². The van der Waals surface area contributed by atoms with Gasteiger partial charge in [0.25, 0.3) is 15.9 Å². The van der Waals surface area contributed by atoms with Crippen LogP contribution in [0, 0.1) is 6.92 Å². The molecule has 33 heavy (non-hydrogen) atoms. The number of ether oxygens (including phenoxy) is 1. The molecule has 0 aliphatic heterocycles. The standard InChI is InChI=1S/C24H22BrN3O4S/c1-15-5-8-18(9-6-15)33(30,31)28-14-21(20-12-17(25)13-26-23(20)28)16-7-10-19(22(11-16)32-4)24(29)27(2)3/h5-14H,1-4H3. The Morgan fingerprint density at radius 2 is 1.79 bits per heavy atom. The smallest absolute Gasteiger partial charge is 0.269 e. The van der Waals surface area contributed by atoms with E-state index in [1.54, 1.807) is 69.0 Å². The summed E-state index contributed by atoms with van der Waals surface area (Å²) in [6, 6.07) is 13.7. The molecule has 0 saturated heterocycles. The van der Waals surface area contributed by atoms with Crippen LogP contribution in [0.25, 0.3) is 22.2 Å². The van der Waals surface area contributed by atoms with E-state index in [1.165, 1.54) is 16.0 Å². The summed E-state index contributed by atoms with van der Waals surface area (Å²) in [5.74, 6) is 0.212. The number of hydrogen-bond acceptors (Lipinski definition) is 5. The van der Waals surface area contributed by atoms with Crippen molar-refractivity contribution >= 4 is 42.9 Å². The fourth-order valence-corrected chi connectivity index (χ4v) is 5.22. The van der Waals surface area contributed by atoms with Gasteiger partial charge >= 0.3 is 0 Å². The highest BCUT2D eigenvalue weighted by Crippen LogP contribution is 2.36. The first kappa shape index (κ1) is 23.0. The minimum atomic E-state index is -3.88. The number of nitrogens with zero attached hydrogens (tertiary/aromatic N) is 3. The van der Waals surface area contributed by atoms with E-state index in [0.717, 1.165) is 5.56 Å². The number of amides is 1. The number of pyridine rings is 1. The molecule has 0 aliphatic rings. The molecule has 0 N–H and O–H groups in total. The first-order chi connectivity index (χ1) is 15.6. The van der Waals surface area contributed by atoms with E-state index in [9.17, 15) is 13.2 Å². The van der Waals surface area contributed by atoms with Gasteiger partial charge < -0.3 is 9.64 Å². The molecule has 0 aliphatic carbocycles. The Morgan fingerprint density at radius 1 is 1.09 bits per heavy atom. The molecule has 2 aromatic heterocycles. The maximum absolute atomic E-state index is 13.5. The van der Waals surface area contributed by atoms with Gasteiger partial charge in [0.05, 0.1) is 17.6 Å². The maximum Gasteiger partial charge on any atom is 0.269 e. The molecule has 1 amide bonds. The van der Waals surface area contributed by atoms with Crippen LogP contribution in [0.1, 0.15) is 15.9 Å². The minimum absolute atomic E-state index is 0.172. The molecule has 0 spiro atoms. The quantitative estimate of drug-likeness (QED) is 0.375. The highest BCUT2D eigenvalue weighted by molar-refractivity contribution is 9.10. The van der Waals surface area contributed by atoms with E-state index in [4.69, 9.17) is 4.74 Å². The molecule has 4 rings (SSSR count). The van der Waals surface area contributed by atoms with E-state index in [-0.39, 0.29) is 10.8 Å². The summed E-state index contributed by atoms with van der Waals surface area (Å²) < 4.78 is 34.3. The number of carbonyl (C=O) groups excluding carboxylic acids is 1. The average Bonchev–Trinajstić information content (AvgIpc) is 3.17. The highest BCUT2D eigenvalue weighted by atomic mass is 79.9. The Labute approximate surface area is 200 Å². The molecule has 2 aromatic carbocycles. The van der Waals surface area contributed by atoms with Crippen LogP contribution in [0.5, 0.6) is 5.75 Å². The molecule has 0 atom stereocenters. The van der Waals surface area contributed by atoms with Gasteiger partial charge in [-0.3, -0.25) is 4.79 Å². The van der Waals surface area contributed by atoms with Gasteiger partial charge in [-0.2, -0.15) is 0 Å². The van der Waals surface area contributed by atoms with Gasteiger partial charge in [0.2, 0.25) is 0 Å². The van der Waals surface area contributed by atoms with Crippen molar-refractivity contribution in [2.45, 2.75) is 11.8 Å². The number of halogens is 1. The number of aromatic nitrogens is 2. The predicted octanol–water partition coefficient (Wildman–Crippen LogP) is 4.72. The third kappa shape index (κ3) is 4.14. The predicted molar refractivity (Wildman–Crippen MR) is 131 cm³/mol. The molecule has 0 radical (unpaired) electrons. The zero-order chi connectivity index (χ0) is 23.9. The molecule has 7 nitrogen and oxygen atoms in total. The lowest BCUT2D eigenvalue weighted by Gasteiger charge is -2.14. The van der Waals surface area contributed by atoms with Gasteiger partial charge in [-0.25, -0.2) is 17.4 Å². The maximum atomic E-state index is 13.5. The highest BCUT2D eigenvalue weighted by Gasteiger charge is 2.24. The van der Waals surface area contributed by atoms with Crippen LogP contribution < -0.4 is 4.74 Å². The Kier molecular flexibility index (Phi) is 6.02. The summed E-state index contributed by atoms with van der Waals surface area (Å²) >= 11 is 3.43. The number of methoxy groups -OCH3 is 1. The summed E-state index contributed by atoms with van der Waals surface area (Å²) in [6.07, 6.45) is 3.12. The molecule has 0 bridgehead atoms. The molecule has 170 valence electrons. The minimum Gasteiger partial charge on any atom is -0.496 e. The summed E-state index contributed by atoms with van der Waals surface area (Å²) in [4.78, 5) is 18.5. The van der Waals surface area contributed by atoms with Crippen LogP contribution in [-0.4, -0.2) is 49.4 Å². The normalized spacial score (nSPS) is 11.5. The summed E-state index contributed by atoms with van der Waals surface area (Å²) in [5.41, 5.74) is 3.04. The Morgan fingerprint density at radius 3 is 2.42 bits per heavy atom. The second kappa shape index (κ2) is 8.64. The van der Waals surface area contributed by atoms with Crippen molar-refractivity contribution < 1.29 is 17.9 Å². The van der Waals surface area contributed by atoms with Gasteiger partial charge in [0.1, 0.15) is 5.75 Å². The van der Waals surface area contributed by atoms with Crippen molar-refractivity contribution in [1.82, 2.24) is 13.9 Å². The molecule has 2 heterocycles. The lowest BCUT2D eigenvalue weighted by Crippen LogP contribution is -2.22. The monoisotopic (exact) mass is 527 g/mol. The van der Waals surface area contributed by atoms with Crippen LogP contribution in [0.15, 0.2) is 70.3 Å². The van der Waals surface area contributed by atoms with Crippen LogP contribution in [0.3, 0.4) is 0 Å². The number of rotatable bonds is 5. The molecular formula is C24H22BrN3O4S. The van der Waals surface area contributed by atoms with Crippen molar-refractivity contribution in [1.29, 1.82) is 0 Å². The molecule has 0 saturated carbocycles. The number of fused-ring (bicyclic) bond motifs is 1. The Hall–Kier alpha value is -3.17. The third-order valence-electron chi connectivity index (χ3n) is 5.31. The number of hydrogen-bond donors (Lipinski definition) is 0. The Balaban J connectivity index is 1.94. The molecule has 0 fully saturated rings. The van der Waals surface area contributed by atoms with Crippen molar-refractivity contribution in [3.8, 4) is 16.9 Å². The second-order valence-electron chi connectivity index (χ2n) is 7.80. The van der Waals surface area contributed by atoms with Crippen molar-refractivity contribution in [3.05, 3.63) is 76.5 Å². The molecule has 9 heteroatoms. The first-order valence-electron chi connectivity index (χ1n) is 10.0. The number of aryl methyl sites for hydroxylation is 1. The van der Waals surface area contributed by atoms with E-state index in [2.05, 4.69) is 20.9 Å². The summed E-state index contributed by atoms with van der Waals surface area (Å²) in [5, 5.41) is 0.647. The second-order valence-corrected chi connectivity index (χ2v) is 10.5. The molecule has 0 unspecified atom stereocenters. The third-order valence-corrected chi connectivity index (χ3v) is 7.40. The van der Waals surface area contributed by atoms with E-state index < -0.39 is 10.0 Å². The van der Waals surface area contributed by atoms with Gasteiger partial charge in [0.15, 0.2) is 5.65 Å². The van der Waals surface area contributed by atoms with E-state index in [0.29, 0.717) is 37.9 Å².